The van der Waals surface area contributed by atoms with Crippen LogP contribution in [-0.4, -0.2) is 24.6 Å². The largest absolute Gasteiger partial charge is 0.493 e. The van der Waals surface area contributed by atoms with E-state index in [1.165, 1.54) is 6.21 Å². The lowest BCUT2D eigenvalue weighted by Crippen LogP contribution is -2.32. The van der Waals surface area contributed by atoms with Crippen molar-refractivity contribution in [3.05, 3.63) is 58.1 Å². The average Bonchev–Trinajstić information content (AvgIpc) is 2.62. The van der Waals surface area contributed by atoms with Crippen molar-refractivity contribution < 1.29 is 14.3 Å². The van der Waals surface area contributed by atoms with E-state index < -0.39 is 11.8 Å². The summed E-state index contributed by atoms with van der Waals surface area (Å²) in [6.07, 6.45) is 2.32. The van der Waals surface area contributed by atoms with Crippen LogP contribution in [0.2, 0.25) is 0 Å². The predicted molar refractivity (Wildman–Crippen MR) is 105 cm³/mol. The first-order valence-electron chi connectivity index (χ1n) is 8.13. The van der Waals surface area contributed by atoms with Gasteiger partial charge < -0.3 is 10.1 Å². The zero-order valence-electron chi connectivity index (χ0n) is 14.6. The van der Waals surface area contributed by atoms with Crippen LogP contribution in [0.25, 0.3) is 0 Å². The smallest absolute Gasteiger partial charge is 0.329 e. The fourth-order valence-corrected chi connectivity index (χ4v) is 2.45. The first-order chi connectivity index (χ1) is 12.5. The lowest BCUT2D eigenvalue weighted by molar-refractivity contribution is -0.136. The van der Waals surface area contributed by atoms with Crippen LogP contribution in [0, 0.1) is 6.92 Å². The summed E-state index contributed by atoms with van der Waals surface area (Å²) in [5.74, 6) is -0.985. The fourth-order valence-electron chi connectivity index (χ4n) is 2.07. The van der Waals surface area contributed by atoms with E-state index in [-0.39, 0.29) is 0 Å². The summed E-state index contributed by atoms with van der Waals surface area (Å²) in [5.41, 5.74) is 4.36. The van der Waals surface area contributed by atoms with Crippen molar-refractivity contribution >= 4 is 39.6 Å². The first-order valence-corrected chi connectivity index (χ1v) is 8.93. The molecule has 0 fully saturated rings. The molecule has 6 nitrogen and oxygen atoms in total. The summed E-state index contributed by atoms with van der Waals surface area (Å²) in [4.78, 5) is 23.8. The Kier molecular flexibility index (Phi) is 7.35. The number of anilines is 1. The summed E-state index contributed by atoms with van der Waals surface area (Å²) >= 11 is 3.38. The van der Waals surface area contributed by atoms with Crippen LogP contribution in [0.5, 0.6) is 5.75 Å². The molecule has 136 valence electrons. The fraction of sp³-hybridized carbons (Fsp3) is 0.211. The molecule has 0 bridgehead atoms. The Hall–Kier alpha value is -2.67. The molecule has 2 aromatic carbocycles. The Morgan fingerprint density at radius 3 is 2.69 bits per heavy atom. The minimum atomic E-state index is -0.851. The van der Waals surface area contributed by atoms with E-state index in [2.05, 4.69) is 31.8 Å². The molecule has 26 heavy (non-hydrogen) atoms. The van der Waals surface area contributed by atoms with Gasteiger partial charge >= 0.3 is 11.8 Å². The van der Waals surface area contributed by atoms with E-state index in [0.717, 1.165) is 16.5 Å². The number of hydrogen-bond donors (Lipinski definition) is 2. The Morgan fingerprint density at radius 2 is 1.96 bits per heavy atom. The third-order valence-corrected chi connectivity index (χ3v) is 3.90. The SMILES string of the molecule is CCCOc1ccc(Br)cc1/C=N\NC(=O)C(=O)Nc1ccccc1C. The standard InChI is InChI=1S/C19H20BrN3O3/c1-3-10-26-17-9-8-15(20)11-14(17)12-21-23-19(25)18(24)22-16-7-5-4-6-13(16)2/h4-9,11-12H,3,10H2,1-2H3,(H,22,24)(H,23,25)/b21-12-. The van der Waals surface area contributed by atoms with Gasteiger partial charge in [0.1, 0.15) is 5.75 Å². The van der Waals surface area contributed by atoms with Crippen molar-refractivity contribution in [2.45, 2.75) is 20.3 Å². The maximum atomic E-state index is 11.9. The number of carbonyl (C=O) groups is 2. The van der Waals surface area contributed by atoms with Crippen molar-refractivity contribution in [2.75, 3.05) is 11.9 Å². The topological polar surface area (TPSA) is 79.8 Å². The van der Waals surface area contributed by atoms with E-state index in [1.807, 2.05) is 44.2 Å². The summed E-state index contributed by atoms with van der Waals surface area (Å²) < 4.78 is 6.49. The van der Waals surface area contributed by atoms with E-state index in [9.17, 15) is 9.59 Å². The summed E-state index contributed by atoms with van der Waals surface area (Å²) in [6, 6.07) is 12.7. The van der Waals surface area contributed by atoms with E-state index in [0.29, 0.717) is 23.6 Å². The van der Waals surface area contributed by atoms with Crippen LogP contribution in [0.15, 0.2) is 52.0 Å². The van der Waals surface area contributed by atoms with Gasteiger partial charge in [-0.05, 0) is 43.2 Å². The average molecular weight is 418 g/mol. The number of halogens is 1. The molecule has 0 saturated carbocycles. The molecule has 0 atom stereocenters. The predicted octanol–water partition coefficient (Wildman–Crippen LogP) is 3.64. The van der Waals surface area contributed by atoms with Gasteiger partial charge in [0.05, 0.1) is 12.8 Å². The maximum absolute atomic E-state index is 11.9. The molecule has 0 aliphatic heterocycles. The molecule has 2 aromatic rings. The third-order valence-electron chi connectivity index (χ3n) is 3.40. The van der Waals surface area contributed by atoms with Crippen molar-refractivity contribution in [1.29, 1.82) is 0 Å². The van der Waals surface area contributed by atoms with Crippen LogP contribution in [0.1, 0.15) is 24.5 Å². The number of nitrogens with one attached hydrogen (secondary N) is 2. The summed E-state index contributed by atoms with van der Waals surface area (Å²) in [7, 11) is 0. The zero-order chi connectivity index (χ0) is 18.9. The maximum Gasteiger partial charge on any atom is 0.329 e. The molecule has 0 aromatic heterocycles. The summed E-state index contributed by atoms with van der Waals surface area (Å²) in [5, 5.41) is 6.40. The Balaban J connectivity index is 1.99. The number of hydrogen-bond acceptors (Lipinski definition) is 4. The normalized spacial score (nSPS) is 10.6. The molecular weight excluding hydrogens is 398 g/mol. The van der Waals surface area contributed by atoms with Crippen LogP contribution < -0.4 is 15.5 Å². The minimum Gasteiger partial charge on any atom is -0.493 e. The number of carbonyl (C=O) groups excluding carboxylic acids is 2. The molecule has 0 heterocycles. The Labute approximate surface area is 160 Å². The number of aryl methyl sites for hydroxylation is 1. The second kappa shape index (κ2) is 9.72. The Bertz CT molecular complexity index is 821. The van der Waals surface area contributed by atoms with Crippen LogP contribution in [-0.2, 0) is 9.59 Å². The number of ether oxygens (including phenoxy) is 1. The lowest BCUT2D eigenvalue weighted by atomic mass is 10.2. The van der Waals surface area contributed by atoms with Gasteiger partial charge in [-0.3, -0.25) is 9.59 Å². The highest BCUT2D eigenvalue weighted by atomic mass is 79.9. The molecule has 0 saturated heterocycles. The van der Waals surface area contributed by atoms with Crippen LogP contribution >= 0.6 is 15.9 Å². The first kappa shape index (κ1) is 19.7. The molecule has 0 aliphatic carbocycles. The second-order valence-corrected chi connectivity index (χ2v) is 6.41. The number of para-hydroxylation sites is 1. The number of rotatable bonds is 6. The van der Waals surface area contributed by atoms with Crippen LogP contribution in [0.3, 0.4) is 0 Å². The number of nitrogens with zero attached hydrogens (tertiary/aromatic N) is 1. The molecule has 0 unspecified atom stereocenters. The zero-order valence-corrected chi connectivity index (χ0v) is 16.2. The van der Waals surface area contributed by atoms with Crippen molar-refractivity contribution in [2.24, 2.45) is 5.10 Å². The minimum absolute atomic E-state index is 0.577. The van der Waals surface area contributed by atoms with E-state index >= 15 is 0 Å². The van der Waals surface area contributed by atoms with E-state index in [1.54, 1.807) is 12.1 Å². The number of amides is 2. The summed E-state index contributed by atoms with van der Waals surface area (Å²) in [6.45, 7) is 4.43. The van der Waals surface area contributed by atoms with Gasteiger partial charge in [-0.25, -0.2) is 5.43 Å². The second-order valence-electron chi connectivity index (χ2n) is 5.50. The molecule has 7 heteroatoms. The number of benzene rings is 2. The molecule has 2 N–H and O–H groups in total. The molecular formula is C19H20BrN3O3. The monoisotopic (exact) mass is 417 g/mol. The lowest BCUT2D eigenvalue weighted by Gasteiger charge is -2.08. The van der Waals surface area contributed by atoms with Gasteiger partial charge in [0, 0.05) is 15.7 Å². The molecule has 2 rings (SSSR count). The van der Waals surface area contributed by atoms with E-state index in [4.69, 9.17) is 4.74 Å². The highest BCUT2D eigenvalue weighted by Crippen LogP contribution is 2.22. The number of hydrazone groups is 1. The third kappa shape index (κ3) is 5.70. The van der Waals surface area contributed by atoms with Gasteiger partial charge in [-0.1, -0.05) is 41.1 Å². The highest BCUT2D eigenvalue weighted by molar-refractivity contribution is 9.10. The molecule has 0 spiro atoms. The molecule has 2 amide bonds. The molecule has 0 radical (unpaired) electrons. The van der Waals surface area contributed by atoms with Crippen molar-refractivity contribution in [1.82, 2.24) is 5.43 Å². The highest BCUT2D eigenvalue weighted by Gasteiger charge is 2.13. The van der Waals surface area contributed by atoms with Gasteiger partial charge in [-0.2, -0.15) is 5.10 Å². The van der Waals surface area contributed by atoms with Gasteiger partial charge in [0.2, 0.25) is 0 Å². The van der Waals surface area contributed by atoms with Gasteiger partial charge in [0.15, 0.2) is 0 Å². The molecule has 0 aliphatic rings. The quantitative estimate of drug-likeness (QED) is 0.427. The Morgan fingerprint density at radius 1 is 1.19 bits per heavy atom. The van der Waals surface area contributed by atoms with Crippen molar-refractivity contribution in [3.63, 3.8) is 0 Å². The van der Waals surface area contributed by atoms with Crippen LogP contribution in [0.4, 0.5) is 5.69 Å². The van der Waals surface area contributed by atoms with Crippen molar-refractivity contribution in [3.8, 4) is 5.75 Å². The van der Waals surface area contributed by atoms with Gasteiger partial charge in [-0.15, -0.1) is 0 Å². The van der Waals surface area contributed by atoms with Gasteiger partial charge in [0.25, 0.3) is 0 Å².